The van der Waals surface area contributed by atoms with E-state index in [9.17, 15) is 0 Å². The van der Waals surface area contributed by atoms with Crippen molar-refractivity contribution in [1.82, 2.24) is 4.98 Å². The second kappa shape index (κ2) is 15.0. The summed E-state index contributed by atoms with van der Waals surface area (Å²) in [6, 6.07) is 57.0. The van der Waals surface area contributed by atoms with Gasteiger partial charge in [0, 0.05) is 43.4 Å². The van der Waals surface area contributed by atoms with Crippen molar-refractivity contribution in [2.24, 2.45) is 0 Å². The van der Waals surface area contributed by atoms with Crippen molar-refractivity contribution in [3.05, 3.63) is 188 Å². The smallest absolute Gasteiger partial charge is 0.135 e. The molecule has 2 aliphatic heterocycles. The first-order chi connectivity index (χ1) is 26.3. The van der Waals surface area contributed by atoms with Crippen molar-refractivity contribution >= 4 is 40.3 Å². The van der Waals surface area contributed by atoms with E-state index < -0.39 is 0 Å². The summed E-state index contributed by atoms with van der Waals surface area (Å²) in [5, 5.41) is 0. The molecule has 2 aliphatic rings. The van der Waals surface area contributed by atoms with Gasteiger partial charge in [0.15, 0.2) is 0 Å². The quantitative estimate of drug-likeness (QED) is 0.123. The van der Waals surface area contributed by atoms with Crippen LogP contribution < -0.4 is 14.7 Å². The van der Waals surface area contributed by atoms with E-state index in [0.717, 1.165) is 55.0 Å². The monoisotopic (exact) mass is 821 g/mol. The van der Waals surface area contributed by atoms with Crippen LogP contribution in [-0.2, 0) is 25.8 Å². The second-order valence-electron chi connectivity index (χ2n) is 14.7. The second-order valence-corrected chi connectivity index (χ2v) is 15.8. The van der Waals surface area contributed by atoms with Crippen LogP contribution in [-0.4, -0.2) is 4.98 Å². The molecule has 9 rings (SSSR count). The Morgan fingerprint density at radius 1 is 0.618 bits per heavy atom. The number of aryl methyl sites for hydroxylation is 1. The average Bonchev–Trinajstić information content (AvgIpc) is 3.66. The van der Waals surface area contributed by atoms with Crippen LogP contribution in [0.15, 0.2) is 168 Å². The van der Waals surface area contributed by atoms with E-state index in [1.165, 1.54) is 27.8 Å². The molecule has 0 saturated carbocycles. The van der Waals surface area contributed by atoms with Crippen LogP contribution in [0.25, 0.3) is 33.4 Å². The molecule has 274 valence electrons. The van der Waals surface area contributed by atoms with Crippen LogP contribution in [0.4, 0.5) is 28.6 Å². The maximum Gasteiger partial charge on any atom is 0.135 e. The largest absolute Gasteiger partial charge is 0.500 e. The van der Waals surface area contributed by atoms with Crippen molar-refractivity contribution in [1.29, 1.82) is 0 Å². The third-order valence-corrected chi connectivity index (χ3v) is 11.0. The summed E-state index contributed by atoms with van der Waals surface area (Å²) in [7, 11) is 0. The summed E-state index contributed by atoms with van der Waals surface area (Å²) in [6.45, 7) is 11.0. The Bertz CT molecular complexity index is 2520. The molecule has 0 fully saturated rings. The first-order valence-electron chi connectivity index (χ1n) is 18.3. The predicted octanol–water partition coefficient (Wildman–Crippen LogP) is 13.1. The van der Waals surface area contributed by atoms with Crippen LogP contribution in [0, 0.1) is 25.7 Å². The molecule has 6 heteroatoms. The Balaban J connectivity index is 0.00000427. The van der Waals surface area contributed by atoms with Crippen LogP contribution in [0.5, 0.6) is 0 Å². The van der Waals surface area contributed by atoms with Gasteiger partial charge in [-0.25, -0.2) is 4.98 Å². The van der Waals surface area contributed by atoms with Crippen molar-refractivity contribution in [2.45, 2.75) is 42.9 Å². The summed E-state index contributed by atoms with van der Waals surface area (Å²) in [5.74, 6) is 0.857. The first kappa shape index (κ1) is 36.6. The summed E-state index contributed by atoms with van der Waals surface area (Å²) in [4.78, 5) is 13.7. The molecule has 0 aliphatic carbocycles. The normalized spacial score (nSPS) is 13.1. The van der Waals surface area contributed by atoms with Crippen molar-refractivity contribution < 1.29 is 20.4 Å². The van der Waals surface area contributed by atoms with Gasteiger partial charge in [-0.05, 0) is 71.3 Å². The SMILES string of the molecule is Cc1cc(N2c3[c-]c(Sc4[c-]c(N5C=CN(c6ccccc6)[CH-]5)ccc4)ccc3-c3ccccc3-c3ccccc32)ncc1-c1ccc(C(C)(C)C)cc1.[Pd]. The Labute approximate surface area is 342 Å². The number of aromatic nitrogens is 1. The van der Waals surface area contributed by atoms with E-state index in [4.69, 9.17) is 4.98 Å². The van der Waals surface area contributed by atoms with Gasteiger partial charge in [-0.1, -0.05) is 117 Å². The first-order valence-corrected chi connectivity index (χ1v) is 19.1. The van der Waals surface area contributed by atoms with Gasteiger partial charge in [-0.15, -0.1) is 51.6 Å². The van der Waals surface area contributed by atoms with E-state index in [1.54, 1.807) is 11.8 Å². The Kier molecular flexibility index (Phi) is 10.0. The molecule has 7 aromatic rings. The fraction of sp³-hybridized carbons (Fsp3) is 0.102. The number of para-hydroxylation sites is 2. The van der Waals surface area contributed by atoms with Gasteiger partial charge in [0.2, 0.25) is 0 Å². The molecule has 1 aromatic heterocycles. The summed E-state index contributed by atoms with van der Waals surface area (Å²) in [5.41, 5.74) is 13.7. The fourth-order valence-electron chi connectivity index (χ4n) is 7.25. The third-order valence-electron chi connectivity index (χ3n) is 10.1. The number of rotatable bonds is 6. The number of hydrogen-bond donors (Lipinski definition) is 0. The number of pyridine rings is 1. The molecular formula is C49H39N4PdS-3. The zero-order valence-corrected chi connectivity index (χ0v) is 33.5. The Morgan fingerprint density at radius 3 is 2.04 bits per heavy atom. The minimum atomic E-state index is 0. The molecule has 55 heavy (non-hydrogen) atoms. The minimum Gasteiger partial charge on any atom is -0.500 e. The maximum absolute atomic E-state index is 5.18. The summed E-state index contributed by atoms with van der Waals surface area (Å²) >= 11 is 1.67. The molecule has 0 N–H and O–H groups in total. The van der Waals surface area contributed by atoms with Crippen molar-refractivity contribution in [2.75, 3.05) is 14.7 Å². The molecule has 6 aromatic carbocycles. The van der Waals surface area contributed by atoms with Crippen molar-refractivity contribution in [3.63, 3.8) is 0 Å². The van der Waals surface area contributed by atoms with Gasteiger partial charge in [0.05, 0.1) is 5.69 Å². The molecule has 0 unspecified atom stereocenters. The number of nitrogens with zero attached hydrogens (tertiary/aromatic N) is 4. The number of hydrogen-bond acceptors (Lipinski definition) is 5. The van der Waals surface area contributed by atoms with Gasteiger partial charge in [0.25, 0.3) is 0 Å². The zero-order valence-electron chi connectivity index (χ0n) is 31.1. The maximum atomic E-state index is 5.18. The van der Waals surface area contributed by atoms with Gasteiger partial charge < -0.3 is 14.7 Å². The van der Waals surface area contributed by atoms with Gasteiger partial charge >= 0.3 is 0 Å². The van der Waals surface area contributed by atoms with Crippen LogP contribution in [0.1, 0.15) is 31.9 Å². The van der Waals surface area contributed by atoms with E-state index in [2.05, 4.69) is 207 Å². The Morgan fingerprint density at radius 2 is 1.29 bits per heavy atom. The summed E-state index contributed by atoms with van der Waals surface area (Å²) in [6.07, 6.45) is 6.16. The molecule has 3 heterocycles. The van der Waals surface area contributed by atoms with E-state index >= 15 is 0 Å². The third kappa shape index (κ3) is 7.14. The van der Waals surface area contributed by atoms with Crippen molar-refractivity contribution in [3.8, 4) is 33.4 Å². The average molecular weight is 822 g/mol. The van der Waals surface area contributed by atoms with E-state index in [-0.39, 0.29) is 25.8 Å². The topological polar surface area (TPSA) is 22.6 Å². The number of benzene rings is 6. The van der Waals surface area contributed by atoms with E-state index in [1.807, 2.05) is 12.3 Å². The molecule has 0 spiro atoms. The molecule has 4 nitrogen and oxygen atoms in total. The number of anilines is 5. The summed E-state index contributed by atoms with van der Waals surface area (Å²) < 4.78 is 0. The molecule has 0 amide bonds. The molecular weight excluding hydrogens is 783 g/mol. The van der Waals surface area contributed by atoms with Gasteiger partial charge in [-0.2, -0.15) is 30.3 Å². The fourth-order valence-corrected chi connectivity index (χ4v) is 8.08. The van der Waals surface area contributed by atoms with Crippen LogP contribution in [0.3, 0.4) is 0 Å². The Hall–Kier alpha value is -5.38. The van der Waals surface area contributed by atoms with Gasteiger partial charge in [-0.3, -0.25) is 0 Å². The van der Waals surface area contributed by atoms with Crippen LogP contribution >= 0.6 is 11.8 Å². The molecule has 0 atom stereocenters. The van der Waals surface area contributed by atoms with E-state index in [0.29, 0.717) is 0 Å². The van der Waals surface area contributed by atoms with Crippen LogP contribution in [0.2, 0.25) is 0 Å². The molecule has 0 saturated heterocycles. The molecule has 0 bridgehead atoms. The number of fused-ring (bicyclic) bond motifs is 5. The standard InChI is InChI=1S/C49H39N4S.Pd/c1-34-29-48(50-32-45(34)35-21-23-36(24-22-35)49(2,3)4)53-46-20-11-10-19-43(46)41-17-8-9-18-42(41)44-26-25-40(31-47(44)53)54-39-16-12-15-38(30-39)52-28-27-51(33-52)37-13-6-5-7-14-37;/h5-29,32-33H,1-4H3;/q-3;. The van der Waals surface area contributed by atoms with Gasteiger partial charge in [0.1, 0.15) is 5.82 Å². The minimum absolute atomic E-state index is 0. The molecule has 0 radical (unpaired) electrons. The zero-order chi connectivity index (χ0) is 36.8. The predicted molar refractivity (Wildman–Crippen MR) is 225 cm³/mol.